The highest BCUT2D eigenvalue weighted by atomic mass is 16.2. The molecule has 4 heteroatoms. The summed E-state index contributed by atoms with van der Waals surface area (Å²) in [6, 6.07) is 19.0. The summed E-state index contributed by atoms with van der Waals surface area (Å²) in [6.07, 6.45) is 1.98. The van der Waals surface area contributed by atoms with E-state index in [0.717, 1.165) is 24.0 Å². The average Bonchev–Trinajstić information content (AvgIpc) is 3.51. The van der Waals surface area contributed by atoms with Crippen LogP contribution in [0.3, 0.4) is 0 Å². The van der Waals surface area contributed by atoms with Crippen LogP contribution in [0, 0.1) is 11.8 Å². The van der Waals surface area contributed by atoms with Gasteiger partial charge in [-0.15, -0.1) is 0 Å². The van der Waals surface area contributed by atoms with Crippen LogP contribution in [0.25, 0.3) is 0 Å². The number of Topliss-reactive ketones (excluding diaryl/α,β-unsaturated/α-hetero) is 2. The smallest absolute Gasteiger partial charge is 0.229 e. The van der Waals surface area contributed by atoms with Crippen LogP contribution in [-0.2, 0) is 19.8 Å². The molecule has 3 atom stereocenters. The number of ketones is 2. The molecule has 2 aromatic rings. The number of benzene rings is 2. The predicted molar refractivity (Wildman–Crippen MR) is 102 cm³/mol. The topological polar surface area (TPSA) is 77.2 Å². The van der Waals surface area contributed by atoms with Crippen molar-refractivity contribution < 1.29 is 14.4 Å². The summed E-state index contributed by atoms with van der Waals surface area (Å²) in [5.41, 5.74) is 6.67. The van der Waals surface area contributed by atoms with Gasteiger partial charge < -0.3 is 5.73 Å². The van der Waals surface area contributed by atoms with E-state index in [4.69, 9.17) is 5.73 Å². The molecule has 2 aliphatic rings. The van der Waals surface area contributed by atoms with Crippen molar-refractivity contribution in [1.82, 2.24) is 0 Å². The van der Waals surface area contributed by atoms with Crippen molar-refractivity contribution in [2.75, 3.05) is 0 Å². The van der Waals surface area contributed by atoms with E-state index in [2.05, 4.69) is 0 Å². The third-order valence-electron chi connectivity index (χ3n) is 6.23. The molecule has 0 bridgehead atoms. The van der Waals surface area contributed by atoms with Crippen LogP contribution in [-0.4, -0.2) is 17.5 Å². The maximum Gasteiger partial charge on any atom is 0.229 e. The van der Waals surface area contributed by atoms with Crippen molar-refractivity contribution in [3.8, 4) is 0 Å². The van der Waals surface area contributed by atoms with E-state index in [1.807, 2.05) is 60.7 Å². The molecule has 2 saturated carbocycles. The molecule has 0 heterocycles. The summed E-state index contributed by atoms with van der Waals surface area (Å²) in [6.45, 7) is 0. The Bertz CT molecular complexity index is 873. The number of amides is 1. The van der Waals surface area contributed by atoms with Crippen LogP contribution in [0.2, 0.25) is 0 Å². The SMILES string of the molecule is NC(=O)C(c1ccccc1)(C1CC1)C1CC(c2ccccc2)C(=O)CC1=O. The Morgan fingerprint density at radius 1 is 0.889 bits per heavy atom. The van der Waals surface area contributed by atoms with Crippen LogP contribution in [0.15, 0.2) is 60.7 Å². The van der Waals surface area contributed by atoms with Gasteiger partial charge in [0.25, 0.3) is 0 Å². The predicted octanol–water partition coefficient (Wildman–Crippen LogP) is 3.15. The molecule has 4 nitrogen and oxygen atoms in total. The fraction of sp³-hybridized carbons (Fsp3) is 0.348. The van der Waals surface area contributed by atoms with Gasteiger partial charge in [-0.1, -0.05) is 60.7 Å². The molecular weight excluding hydrogens is 338 g/mol. The van der Waals surface area contributed by atoms with Crippen LogP contribution >= 0.6 is 0 Å². The summed E-state index contributed by atoms with van der Waals surface area (Å²) in [5, 5.41) is 0. The molecule has 27 heavy (non-hydrogen) atoms. The molecule has 0 aliphatic heterocycles. The Hall–Kier alpha value is -2.75. The zero-order valence-corrected chi connectivity index (χ0v) is 15.1. The highest BCUT2D eigenvalue weighted by Gasteiger charge is 2.59. The van der Waals surface area contributed by atoms with Gasteiger partial charge in [-0.3, -0.25) is 14.4 Å². The number of nitrogens with two attached hydrogens (primary N) is 1. The van der Waals surface area contributed by atoms with Crippen LogP contribution < -0.4 is 5.73 Å². The van der Waals surface area contributed by atoms with E-state index < -0.39 is 17.2 Å². The second-order valence-electron chi connectivity index (χ2n) is 7.73. The summed E-state index contributed by atoms with van der Waals surface area (Å²) in [5.74, 6) is -1.53. The van der Waals surface area contributed by atoms with Crippen molar-refractivity contribution in [2.45, 2.75) is 37.0 Å². The van der Waals surface area contributed by atoms with Gasteiger partial charge in [0.15, 0.2) is 0 Å². The van der Waals surface area contributed by atoms with Gasteiger partial charge in [-0.05, 0) is 36.3 Å². The lowest BCUT2D eigenvalue weighted by atomic mass is 9.59. The lowest BCUT2D eigenvalue weighted by Crippen LogP contribution is -2.54. The second kappa shape index (κ2) is 6.76. The van der Waals surface area contributed by atoms with Gasteiger partial charge in [0.2, 0.25) is 5.91 Å². The molecule has 0 aromatic heterocycles. The van der Waals surface area contributed by atoms with E-state index in [-0.39, 0.29) is 29.8 Å². The maximum absolute atomic E-state index is 13.0. The minimum absolute atomic E-state index is 0.0651. The number of primary amides is 1. The Kier molecular flexibility index (Phi) is 4.42. The summed E-state index contributed by atoms with van der Waals surface area (Å²) in [7, 11) is 0. The van der Waals surface area contributed by atoms with Crippen LogP contribution in [0.5, 0.6) is 0 Å². The number of carbonyl (C=O) groups is 3. The van der Waals surface area contributed by atoms with E-state index in [0.29, 0.717) is 6.42 Å². The van der Waals surface area contributed by atoms with Crippen molar-refractivity contribution in [1.29, 1.82) is 0 Å². The van der Waals surface area contributed by atoms with Gasteiger partial charge in [0.1, 0.15) is 11.6 Å². The minimum atomic E-state index is -1.02. The average molecular weight is 361 g/mol. The molecule has 2 fully saturated rings. The lowest BCUT2D eigenvalue weighted by molar-refractivity contribution is -0.141. The molecular formula is C23H23NO3. The van der Waals surface area contributed by atoms with Gasteiger partial charge in [0, 0.05) is 11.8 Å². The highest BCUT2D eigenvalue weighted by Crippen LogP contribution is 2.55. The zero-order valence-electron chi connectivity index (χ0n) is 15.1. The molecule has 138 valence electrons. The summed E-state index contributed by atoms with van der Waals surface area (Å²) < 4.78 is 0. The fourth-order valence-electron chi connectivity index (χ4n) is 4.85. The molecule has 2 aromatic carbocycles. The number of hydrogen-bond donors (Lipinski definition) is 1. The van der Waals surface area contributed by atoms with E-state index in [1.54, 1.807) is 0 Å². The molecule has 3 unspecified atom stereocenters. The second-order valence-corrected chi connectivity index (χ2v) is 7.73. The number of hydrogen-bond acceptors (Lipinski definition) is 3. The Labute approximate surface area is 158 Å². The minimum Gasteiger partial charge on any atom is -0.369 e. The number of carbonyl (C=O) groups excluding carboxylic acids is 3. The first-order valence-electron chi connectivity index (χ1n) is 9.51. The Balaban J connectivity index is 1.81. The fourth-order valence-corrected chi connectivity index (χ4v) is 4.85. The lowest BCUT2D eigenvalue weighted by Gasteiger charge is -2.42. The maximum atomic E-state index is 13.0. The summed E-state index contributed by atoms with van der Waals surface area (Å²) in [4.78, 5) is 38.5. The van der Waals surface area contributed by atoms with Gasteiger partial charge >= 0.3 is 0 Å². The van der Waals surface area contributed by atoms with Crippen LogP contribution in [0.4, 0.5) is 0 Å². The van der Waals surface area contributed by atoms with Crippen molar-refractivity contribution in [3.63, 3.8) is 0 Å². The van der Waals surface area contributed by atoms with Gasteiger partial charge in [-0.25, -0.2) is 0 Å². The first-order valence-corrected chi connectivity index (χ1v) is 9.51. The van der Waals surface area contributed by atoms with Crippen molar-refractivity contribution in [2.24, 2.45) is 17.6 Å². The molecule has 1 amide bonds. The Morgan fingerprint density at radius 3 is 2.04 bits per heavy atom. The third kappa shape index (κ3) is 2.89. The first kappa shape index (κ1) is 17.7. The van der Waals surface area contributed by atoms with E-state index in [1.165, 1.54) is 0 Å². The molecule has 0 radical (unpaired) electrons. The molecule has 4 rings (SSSR count). The van der Waals surface area contributed by atoms with Gasteiger partial charge in [0.05, 0.1) is 11.8 Å². The van der Waals surface area contributed by atoms with Crippen LogP contribution in [0.1, 0.15) is 42.7 Å². The standard InChI is InChI=1S/C23H23NO3/c24-22(27)23(17-11-12-17,16-9-5-2-6-10-16)19-13-18(20(25)14-21(19)26)15-7-3-1-4-8-15/h1-10,17-19H,11-14H2,(H2,24,27). The monoisotopic (exact) mass is 361 g/mol. The molecule has 2 N–H and O–H groups in total. The van der Waals surface area contributed by atoms with E-state index >= 15 is 0 Å². The normalized spacial score (nSPS) is 25.0. The van der Waals surface area contributed by atoms with Crippen molar-refractivity contribution >= 4 is 17.5 Å². The quantitative estimate of drug-likeness (QED) is 0.831. The zero-order chi connectivity index (χ0) is 19.0. The molecule has 2 aliphatic carbocycles. The molecule has 0 spiro atoms. The molecule has 0 saturated heterocycles. The van der Waals surface area contributed by atoms with Crippen molar-refractivity contribution in [3.05, 3.63) is 71.8 Å². The Morgan fingerprint density at radius 2 is 1.48 bits per heavy atom. The largest absolute Gasteiger partial charge is 0.369 e. The third-order valence-corrected chi connectivity index (χ3v) is 6.23. The summed E-state index contributed by atoms with van der Waals surface area (Å²) >= 11 is 0. The first-order chi connectivity index (χ1) is 13.0. The van der Waals surface area contributed by atoms with E-state index in [9.17, 15) is 14.4 Å². The highest BCUT2D eigenvalue weighted by molar-refractivity contribution is 6.08. The number of rotatable bonds is 5. The van der Waals surface area contributed by atoms with Gasteiger partial charge in [-0.2, -0.15) is 0 Å².